The van der Waals surface area contributed by atoms with E-state index in [1.54, 1.807) is 0 Å². The van der Waals surface area contributed by atoms with E-state index in [1.165, 1.54) is 7.11 Å². The van der Waals surface area contributed by atoms with Crippen molar-refractivity contribution in [2.75, 3.05) is 27.3 Å². The molecule has 1 aliphatic rings. The first-order valence-corrected chi connectivity index (χ1v) is 5.29. The van der Waals surface area contributed by atoms with Crippen LogP contribution in [0.5, 0.6) is 0 Å². The number of carbonyl (C=O) groups is 2. The van der Waals surface area contributed by atoms with Crippen molar-refractivity contribution in [1.29, 1.82) is 0 Å². The Kier molecular flexibility index (Phi) is 4.70. The summed E-state index contributed by atoms with van der Waals surface area (Å²) in [4.78, 5) is 24.9. The van der Waals surface area contributed by atoms with E-state index in [1.807, 2.05) is 11.9 Å². The maximum absolute atomic E-state index is 11.8. The molecule has 2 unspecified atom stereocenters. The Hall–Kier alpha value is -1.14. The maximum Gasteiger partial charge on any atom is 0.330 e. The molecular formula is C10H18N2O4. The topological polar surface area (TPSA) is 78.9 Å². The molecule has 0 radical (unpaired) electrons. The number of aliphatic hydroxyl groups is 1. The summed E-state index contributed by atoms with van der Waals surface area (Å²) in [6.45, 7) is 0.426. The number of nitrogens with zero attached hydrogens (tertiary/aromatic N) is 1. The van der Waals surface area contributed by atoms with Gasteiger partial charge in [0.2, 0.25) is 5.91 Å². The molecule has 6 heteroatoms. The standard InChI is InChI=1S/C10H18N2O4/c1-12-5-3-4-8(12)9(14)11-7(6-13)10(15)16-2/h7-8,13H,3-6H2,1-2H3,(H,11,14). The van der Waals surface area contributed by atoms with Gasteiger partial charge in [-0.25, -0.2) is 4.79 Å². The van der Waals surface area contributed by atoms with Crippen molar-refractivity contribution in [1.82, 2.24) is 10.2 Å². The quantitative estimate of drug-likeness (QED) is 0.589. The van der Waals surface area contributed by atoms with Gasteiger partial charge in [-0.2, -0.15) is 0 Å². The van der Waals surface area contributed by atoms with Crippen LogP contribution in [0.25, 0.3) is 0 Å². The first kappa shape index (κ1) is 12.9. The van der Waals surface area contributed by atoms with Gasteiger partial charge in [0.15, 0.2) is 6.04 Å². The van der Waals surface area contributed by atoms with Crippen LogP contribution in [0.15, 0.2) is 0 Å². The lowest BCUT2D eigenvalue weighted by atomic mass is 10.2. The lowest BCUT2D eigenvalue weighted by Crippen LogP contribution is -2.50. The van der Waals surface area contributed by atoms with Crippen molar-refractivity contribution in [3.05, 3.63) is 0 Å². The number of ether oxygens (including phenoxy) is 1. The first-order valence-electron chi connectivity index (χ1n) is 5.29. The van der Waals surface area contributed by atoms with E-state index >= 15 is 0 Å². The normalized spacial score (nSPS) is 22.8. The molecule has 1 saturated heterocycles. The van der Waals surface area contributed by atoms with Gasteiger partial charge >= 0.3 is 5.97 Å². The van der Waals surface area contributed by atoms with E-state index in [2.05, 4.69) is 10.1 Å². The average molecular weight is 230 g/mol. The molecule has 6 nitrogen and oxygen atoms in total. The first-order chi connectivity index (χ1) is 7.60. The number of esters is 1. The lowest BCUT2D eigenvalue weighted by molar-refractivity contribution is -0.146. The summed E-state index contributed by atoms with van der Waals surface area (Å²) in [6, 6.07) is -1.18. The zero-order chi connectivity index (χ0) is 12.1. The summed E-state index contributed by atoms with van der Waals surface area (Å²) in [6.07, 6.45) is 1.75. The predicted molar refractivity (Wildman–Crippen MR) is 56.7 cm³/mol. The predicted octanol–water partition coefficient (Wildman–Crippen LogP) is -1.27. The van der Waals surface area contributed by atoms with Crippen molar-refractivity contribution in [3.63, 3.8) is 0 Å². The van der Waals surface area contributed by atoms with Crippen LogP contribution < -0.4 is 5.32 Å². The van der Waals surface area contributed by atoms with Gasteiger partial charge in [-0.1, -0.05) is 0 Å². The van der Waals surface area contributed by atoms with E-state index in [0.717, 1.165) is 19.4 Å². The maximum atomic E-state index is 11.8. The Morgan fingerprint density at radius 2 is 2.31 bits per heavy atom. The largest absolute Gasteiger partial charge is 0.467 e. The molecule has 0 spiro atoms. The summed E-state index contributed by atoms with van der Waals surface area (Å²) in [5.74, 6) is -0.860. The molecule has 0 bridgehead atoms. The van der Waals surface area contributed by atoms with Gasteiger partial charge in [-0.15, -0.1) is 0 Å². The van der Waals surface area contributed by atoms with E-state index in [0.29, 0.717) is 0 Å². The Labute approximate surface area is 94.6 Å². The molecule has 2 N–H and O–H groups in total. The number of hydrogen-bond donors (Lipinski definition) is 2. The second-order valence-corrected chi connectivity index (χ2v) is 3.91. The summed E-state index contributed by atoms with van der Waals surface area (Å²) in [5.41, 5.74) is 0. The van der Waals surface area contributed by atoms with Crippen molar-refractivity contribution >= 4 is 11.9 Å². The van der Waals surface area contributed by atoms with Crippen molar-refractivity contribution in [3.8, 4) is 0 Å². The monoisotopic (exact) mass is 230 g/mol. The van der Waals surface area contributed by atoms with Crippen LogP contribution in [0.1, 0.15) is 12.8 Å². The molecule has 0 aliphatic carbocycles. The second-order valence-electron chi connectivity index (χ2n) is 3.91. The van der Waals surface area contributed by atoms with E-state index in [4.69, 9.17) is 5.11 Å². The number of aliphatic hydroxyl groups excluding tert-OH is 1. The number of likely N-dealkylation sites (tertiary alicyclic amines) is 1. The minimum absolute atomic E-state index is 0.210. The molecule has 1 amide bonds. The van der Waals surface area contributed by atoms with Crippen LogP contribution in [0.4, 0.5) is 0 Å². The molecule has 1 aliphatic heterocycles. The number of rotatable bonds is 4. The Morgan fingerprint density at radius 1 is 1.62 bits per heavy atom. The number of amides is 1. The molecule has 0 aromatic rings. The number of hydrogen-bond acceptors (Lipinski definition) is 5. The highest BCUT2D eigenvalue weighted by molar-refractivity contribution is 5.87. The summed E-state index contributed by atoms with van der Waals surface area (Å²) < 4.78 is 4.47. The smallest absolute Gasteiger partial charge is 0.330 e. The van der Waals surface area contributed by atoms with Gasteiger partial charge in [-0.3, -0.25) is 9.69 Å². The van der Waals surface area contributed by atoms with Gasteiger partial charge in [0, 0.05) is 0 Å². The fraction of sp³-hybridized carbons (Fsp3) is 0.800. The van der Waals surface area contributed by atoms with Crippen LogP contribution in [0.3, 0.4) is 0 Å². The third kappa shape index (κ3) is 2.93. The number of methoxy groups -OCH3 is 1. The highest BCUT2D eigenvalue weighted by Gasteiger charge is 2.30. The minimum Gasteiger partial charge on any atom is -0.467 e. The highest BCUT2D eigenvalue weighted by atomic mass is 16.5. The summed E-state index contributed by atoms with van der Waals surface area (Å²) >= 11 is 0. The lowest BCUT2D eigenvalue weighted by Gasteiger charge is -2.21. The Balaban J connectivity index is 2.51. The fourth-order valence-electron chi connectivity index (χ4n) is 1.83. The van der Waals surface area contributed by atoms with E-state index < -0.39 is 18.6 Å². The van der Waals surface area contributed by atoms with Crippen LogP contribution in [-0.4, -0.2) is 61.3 Å². The van der Waals surface area contributed by atoms with Crippen LogP contribution in [-0.2, 0) is 14.3 Å². The van der Waals surface area contributed by atoms with Crippen molar-refractivity contribution < 1.29 is 19.4 Å². The van der Waals surface area contributed by atoms with Crippen LogP contribution >= 0.6 is 0 Å². The van der Waals surface area contributed by atoms with Crippen molar-refractivity contribution in [2.24, 2.45) is 0 Å². The van der Waals surface area contributed by atoms with Crippen molar-refractivity contribution in [2.45, 2.75) is 24.9 Å². The molecule has 0 saturated carbocycles. The summed E-state index contributed by atoms with van der Waals surface area (Å²) in [5, 5.41) is 11.4. The molecule has 1 rings (SSSR count). The summed E-state index contributed by atoms with van der Waals surface area (Å²) in [7, 11) is 3.09. The number of likely N-dealkylation sites (N-methyl/N-ethyl adjacent to an activating group) is 1. The molecular weight excluding hydrogens is 212 g/mol. The third-order valence-corrected chi connectivity index (χ3v) is 2.81. The van der Waals surface area contributed by atoms with E-state index in [9.17, 15) is 9.59 Å². The van der Waals surface area contributed by atoms with Crippen LogP contribution in [0.2, 0.25) is 0 Å². The SMILES string of the molecule is COC(=O)C(CO)NC(=O)C1CCCN1C. The molecule has 92 valence electrons. The molecule has 1 fully saturated rings. The Bertz CT molecular complexity index is 270. The van der Waals surface area contributed by atoms with Gasteiger partial charge in [0.05, 0.1) is 19.8 Å². The molecule has 0 aromatic heterocycles. The third-order valence-electron chi connectivity index (χ3n) is 2.81. The zero-order valence-corrected chi connectivity index (χ0v) is 9.60. The number of nitrogens with one attached hydrogen (secondary N) is 1. The average Bonchev–Trinajstić information content (AvgIpc) is 2.71. The number of carbonyl (C=O) groups excluding carboxylic acids is 2. The highest BCUT2D eigenvalue weighted by Crippen LogP contribution is 2.14. The molecule has 0 aromatic carbocycles. The van der Waals surface area contributed by atoms with E-state index in [-0.39, 0.29) is 11.9 Å². The minimum atomic E-state index is -0.966. The molecule has 16 heavy (non-hydrogen) atoms. The Morgan fingerprint density at radius 3 is 2.75 bits per heavy atom. The fourth-order valence-corrected chi connectivity index (χ4v) is 1.83. The van der Waals surface area contributed by atoms with Gasteiger partial charge in [0.1, 0.15) is 0 Å². The molecule has 1 heterocycles. The van der Waals surface area contributed by atoms with Gasteiger partial charge in [0.25, 0.3) is 0 Å². The molecule has 2 atom stereocenters. The zero-order valence-electron chi connectivity index (χ0n) is 9.60. The second kappa shape index (κ2) is 5.81. The van der Waals surface area contributed by atoms with Gasteiger partial charge in [-0.05, 0) is 26.4 Å². The van der Waals surface area contributed by atoms with Gasteiger partial charge < -0.3 is 15.2 Å². The van der Waals surface area contributed by atoms with Crippen LogP contribution in [0, 0.1) is 0 Å².